The lowest BCUT2D eigenvalue weighted by Gasteiger charge is -2.40. The van der Waals surface area contributed by atoms with Crippen LogP contribution in [0.25, 0.3) is 0 Å². The molecule has 3 rings (SSSR count). The second-order valence-corrected chi connectivity index (χ2v) is 7.18. The van der Waals surface area contributed by atoms with Crippen LogP contribution in [0.2, 0.25) is 0 Å². The Bertz CT molecular complexity index is 603. The van der Waals surface area contributed by atoms with Gasteiger partial charge in [-0.1, -0.05) is 19.4 Å². The number of amides is 1. The van der Waals surface area contributed by atoms with Gasteiger partial charge in [-0.15, -0.1) is 0 Å². The van der Waals surface area contributed by atoms with Gasteiger partial charge in [-0.05, 0) is 38.2 Å². The molecule has 1 saturated carbocycles. The van der Waals surface area contributed by atoms with Crippen LogP contribution in [-0.4, -0.2) is 29.9 Å². The molecule has 2 fully saturated rings. The minimum absolute atomic E-state index is 0.185. The topological polar surface area (TPSA) is 32.3 Å². The van der Waals surface area contributed by atoms with Crippen molar-refractivity contribution in [2.45, 2.75) is 51.6 Å². The second kappa shape index (κ2) is 7.18. The van der Waals surface area contributed by atoms with Crippen molar-refractivity contribution < 1.29 is 13.6 Å². The molecule has 0 radical (unpaired) electrons. The van der Waals surface area contributed by atoms with Gasteiger partial charge in [0.05, 0.1) is 0 Å². The quantitative estimate of drug-likeness (QED) is 0.890. The first-order valence-electron chi connectivity index (χ1n) is 8.99. The van der Waals surface area contributed by atoms with Crippen LogP contribution in [0.1, 0.15) is 51.1 Å². The number of carbonyl (C=O) groups excluding carboxylic acids is 1. The van der Waals surface area contributed by atoms with Crippen molar-refractivity contribution in [3.8, 4) is 0 Å². The Kier molecular flexibility index (Phi) is 5.18. The third-order valence-electron chi connectivity index (χ3n) is 5.39. The number of hydrogen-bond donors (Lipinski definition) is 1. The standard InChI is InChI=1S/C19H26F2N2O/c1-3-13-11-23(19(24)14-4-5-14)9-8-18(13)22-12(2)16-7-6-15(20)10-17(16)21/h6-7,10,12-14,18,22H,3-5,8-9,11H2,1-2H3/t12-,13-,18+/m1/s1. The third kappa shape index (κ3) is 3.77. The van der Waals surface area contributed by atoms with E-state index >= 15 is 0 Å². The Balaban J connectivity index is 1.62. The predicted octanol–water partition coefficient (Wildman–Crippen LogP) is 3.65. The van der Waals surface area contributed by atoms with E-state index in [0.29, 0.717) is 17.4 Å². The summed E-state index contributed by atoms with van der Waals surface area (Å²) >= 11 is 0. The van der Waals surface area contributed by atoms with E-state index < -0.39 is 11.6 Å². The van der Waals surface area contributed by atoms with Gasteiger partial charge in [0, 0.05) is 42.7 Å². The molecule has 24 heavy (non-hydrogen) atoms. The van der Waals surface area contributed by atoms with Crippen molar-refractivity contribution in [3.05, 3.63) is 35.4 Å². The van der Waals surface area contributed by atoms with E-state index in [1.807, 2.05) is 11.8 Å². The number of benzene rings is 1. The lowest BCUT2D eigenvalue weighted by atomic mass is 9.88. The van der Waals surface area contributed by atoms with Crippen LogP contribution in [0.5, 0.6) is 0 Å². The third-order valence-corrected chi connectivity index (χ3v) is 5.39. The number of nitrogens with zero attached hydrogens (tertiary/aromatic N) is 1. The molecule has 1 aliphatic carbocycles. The van der Waals surface area contributed by atoms with Gasteiger partial charge in [-0.2, -0.15) is 0 Å². The van der Waals surface area contributed by atoms with E-state index in [0.717, 1.165) is 44.8 Å². The Morgan fingerprint density at radius 3 is 2.71 bits per heavy atom. The first-order valence-corrected chi connectivity index (χ1v) is 8.99. The first-order chi connectivity index (χ1) is 11.5. The van der Waals surface area contributed by atoms with E-state index in [1.165, 1.54) is 12.1 Å². The van der Waals surface area contributed by atoms with Gasteiger partial charge >= 0.3 is 0 Å². The average molecular weight is 336 g/mol. The molecule has 1 amide bonds. The SMILES string of the molecule is CC[C@@H]1CN(C(=O)C2CC2)CC[C@@H]1N[C@H](C)c1ccc(F)cc1F. The summed E-state index contributed by atoms with van der Waals surface area (Å²) in [5.74, 6) is -0.123. The van der Waals surface area contributed by atoms with Crippen molar-refractivity contribution >= 4 is 5.91 Å². The average Bonchev–Trinajstić information content (AvgIpc) is 3.39. The van der Waals surface area contributed by atoms with Crippen molar-refractivity contribution in [3.63, 3.8) is 0 Å². The summed E-state index contributed by atoms with van der Waals surface area (Å²) in [5.41, 5.74) is 0.489. The smallest absolute Gasteiger partial charge is 0.225 e. The van der Waals surface area contributed by atoms with Crippen LogP contribution in [0.15, 0.2) is 18.2 Å². The van der Waals surface area contributed by atoms with Crippen molar-refractivity contribution in [1.29, 1.82) is 0 Å². The molecule has 1 heterocycles. The molecule has 1 saturated heterocycles. The summed E-state index contributed by atoms with van der Waals surface area (Å²) in [4.78, 5) is 14.3. The molecule has 0 bridgehead atoms. The van der Waals surface area contributed by atoms with Gasteiger partial charge in [-0.25, -0.2) is 8.78 Å². The van der Waals surface area contributed by atoms with Crippen molar-refractivity contribution in [2.75, 3.05) is 13.1 Å². The second-order valence-electron chi connectivity index (χ2n) is 7.18. The summed E-state index contributed by atoms with van der Waals surface area (Å²) in [6.07, 6.45) is 3.93. The molecule has 3 atom stereocenters. The Morgan fingerprint density at radius 2 is 2.08 bits per heavy atom. The molecule has 132 valence electrons. The summed E-state index contributed by atoms with van der Waals surface area (Å²) in [6.45, 7) is 5.59. The van der Waals surface area contributed by atoms with Crippen LogP contribution < -0.4 is 5.32 Å². The highest BCUT2D eigenvalue weighted by Crippen LogP contribution is 2.33. The van der Waals surface area contributed by atoms with Gasteiger partial charge in [-0.3, -0.25) is 4.79 Å². The highest BCUT2D eigenvalue weighted by molar-refractivity contribution is 5.81. The predicted molar refractivity (Wildman–Crippen MR) is 89.4 cm³/mol. The summed E-state index contributed by atoms with van der Waals surface area (Å²) < 4.78 is 27.0. The van der Waals surface area contributed by atoms with Crippen molar-refractivity contribution in [1.82, 2.24) is 10.2 Å². The molecular weight excluding hydrogens is 310 g/mol. The zero-order chi connectivity index (χ0) is 17.3. The Hall–Kier alpha value is -1.49. The molecule has 0 spiro atoms. The number of hydrogen-bond acceptors (Lipinski definition) is 2. The number of piperidine rings is 1. The van der Waals surface area contributed by atoms with Crippen LogP contribution in [0, 0.1) is 23.5 Å². The number of rotatable bonds is 5. The maximum Gasteiger partial charge on any atom is 0.225 e. The number of carbonyl (C=O) groups is 1. The molecule has 1 N–H and O–H groups in total. The normalized spacial score (nSPS) is 25.6. The molecule has 1 aromatic rings. The van der Waals surface area contributed by atoms with Crippen LogP contribution in [0.3, 0.4) is 0 Å². The fourth-order valence-electron chi connectivity index (χ4n) is 3.72. The summed E-state index contributed by atoms with van der Waals surface area (Å²) in [6, 6.07) is 3.80. The molecule has 5 heteroatoms. The van der Waals surface area contributed by atoms with Gasteiger partial charge < -0.3 is 10.2 Å². The minimum Gasteiger partial charge on any atom is -0.342 e. The fraction of sp³-hybridized carbons (Fsp3) is 0.632. The Labute approximate surface area is 142 Å². The minimum atomic E-state index is -0.554. The maximum atomic E-state index is 14.0. The molecule has 1 aromatic carbocycles. The number of halogens is 2. The zero-order valence-corrected chi connectivity index (χ0v) is 14.4. The lowest BCUT2D eigenvalue weighted by Crippen LogP contribution is -2.51. The maximum absolute atomic E-state index is 14.0. The van der Waals surface area contributed by atoms with E-state index in [1.54, 1.807) is 0 Å². The lowest BCUT2D eigenvalue weighted by molar-refractivity contribution is -0.134. The molecule has 0 aromatic heterocycles. The van der Waals surface area contributed by atoms with Crippen LogP contribution in [0.4, 0.5) is 8.78 Å². The summed E-state index contributed by atoms with van der Waals surface area (Å²) in [7, 11) is 0. The first kappa shape index (κ1) is 17.3. The molecular formula is C19H26F2N2O. The largest absolute Gasteiger partial charge is 0.342 e. The zero-order valence-electron chi connectivity index (χ0n) is 14.4. The summed E-state index contributed by atoms with van der Waals surface area (Å²) in [5, 5.41) is 3.50. The van der Waals surface area contributed by atoms with Crippen molar-refractivity contribution in [2.24, 2.45) is 11.8 Å². The van der Waals surface area contributed by atoms with Crippen LogP contribution in [-0.2, 0) is 4.79 Å². The van der Waals surface area contributed by atoms with Gasteiger partial charge in [0.1, 0.15) is 11.6 Å². The molecule has 0 unspecified atom stereocenters. The van der Waals surface area contributed by atoms with Gasteiger partial charge in [0.25, 0.3) is 0 Å². The van der Waals surface area contributed by atoms with E-state index in [-0.39, 0.29) is 18.0 Å². The molecule has 1 aliphatic heterocycles. The molecule has 2 aliphatic rings. The monoisotopic (exact) mass is 336 g/mol. The van der Waals surface area contributed by atoms with Gasteiger partial charge in [0.15, 0.2) is 0 Å². The van der Waals surface area contributed by atoms with Crippen LogP contribution >= 0.6 is 0 Å². The van der Waals surface area contributed by atoms with E-state index in [2.05, 4.69) is 12.2 Å². The number of nitrogens with one attached hydrogen (secondary N) is 1. The van der Waals surface area contributed by atoms with E-state index in [9.17, 15) is 13.6 Å². The van der Waals surface area contributed by atoms with Gasteiger partial charge in [0.2, 0.25) is 5.91 Å². The fourth-order valence-corrected chi connectivity index (χ4v) is 3.72. The highest BCUT2D eigenvalue weighted by atomic mass is 19.1. The number of likely N-dealkylation sites (tertiary alicyclic amines) is 1. The van der Waals surface area contributed by atoms with E-state index in [4.69, 9.17) is 0 Å². The highest BCUT2D eigenvalue weighted by Gasteiger charge is 2.37. The Morgan fingerprint density at radius 1 is 1.33 bits per heavy atom. The molecule has 3 nitrogen and oxygen atoms in total.